The standard InChI is InChI=1S/C24H18FN7O2/c25-19-14-28-23(32-11-8-29-30-32)21-20(19)18(13-27-21)22(33)24(34)31-9-6-16(7-10-31)17(12-26)15-4-2-1-3-5-15/h1-5,8,11,13-14,27H,6-7,9-10H2. The third-order valence-corrected chi connectivity index (χ3v) is 5.90. The van der Waals surface area contributed by atoms with Gasteiger partial charge in [0.05, 0.1) is 46.7 Å². The molecule has 4 aromatic rings. The van der Waals surface area contributed by atoms with Crippen LogP contribution in [-0.2, 0) is 4.79 Å². The summed E-state index contributed by atoms with van der Waals surface area (Å²) in [6.45, 7) is 0.600. The molecule has 168 valence electrons. The molecule has 1 saturated heterocycles. The van der Waals surface area contributed by atoms with E-state index < -0.39 is 17.5 Å². The number of nitriles is 1. The molecule has 0 aliphatic carbocycles. The van der Waals surface area contributed by atoms with Gasteiger partial charge in [-0.2, -0.15) is 5.26 Å². The quantitative estimate of drug-likeness (QED) is 0.287. The van der Waals surface area contributed by atoms with E-state index in [1.165, 1.54) is 28.2 Å². The Morgan fingerprint density at radius 2 is 1.91 bits per heavy atom. The van der Waals surface area contributed by atoms with Crippen molar-refractivity contribution in [2.45, 2.75) is 12.8 Å². The van der Waals surface area contributed by atoms with Crippen molar-refractivity contribution in [2.75, 3.05) is 13.1 Å². The van der Waals surface area contributed by atoms with Gasteiger partial charge in [-0.3, -0.25) is 9.59 Å². The van der Waals surface area contributed by atoms with E-state index in [9.17, 15) is 19.2 Å². The number of allylic oxidation sites excluding steroid dienone is 1. The molecule has 0 bridgehead atoms. The molecule has 3 aromatic heterocycles. The van der Waals surface area contributed by atoms with Gasteiger partial charge in [-0.15, -0.1) is 5.10 Å². The number of hydrogen-bond acceptors (Lipinski definition) is 6. The fraction of sp³-hybridized carbons (Fsp3) is 0.167. The predicted molar refractivity (Wildman–Crippen MR) is 120 cm³/mol. The van der Waals surface area contributed by atoms with Gasteiger partial charge in [-0.25, -0.2) is 14.1 Å². The lowest BCUT2D eigenvalue weighted by Gasteiger charge is -2.28. The number of benzene rings is 1. The minimum Gasteiger partial charge on any atom is -0.357 e. The van der Waals surface area contributed by atoms with Gasteiger partial charge < -0.3 is 9.88 Å². The van der Waals surface area contributed by atoms with Crippen molar-refractivity contribution in [1.82, 2.24) is 29.9 Å². The molecule has 1 amide bonds. The molecule has 1 aliphatic rings. The number of ketones is 1. The second kappa shape index (κ2) is 8.71. The summed E-state index contributed by atoms with van der Waals surface area (Å²) >= 11 is 0. The van der Waals surface area contributed by atoms with Gasteiger partial charge in [0.15, 0.2) is 11.6 Å². The van der Waals surface area contributed by atoms with Gasteiger partial charge in [-0.05, 0) is 24.0 Å². The molecule has 1 N–H and O–H groups in total. The average Bonchev–Trinajstić information content (AvgIpc) is 3.56. The maximum atomic E-state index is 14.7. The van der Waals surface area contributed by atoms with Crippen LogP contribution in [0.1, 0.15) is 28.8 Å². The number of amides is 1. The number of likely N-dealkylation sites (tertiary alicyclic amines) is 1. The average molecular weight is 455 g/mol. The molecule has 34 heavy (non-hydrogen) atoms. The molecular weight excluding hydrogens is 437 g/mol. The maximum absolute atomic E-state index is 14.7. The molecule has 1 aromatic carbocycles. The van der Waals surface area contributed by atoms with E-state index in [1.54, 1.807) is 0 Å². The molecule has 0 spiro atoms. The molecule has 1 aliphatic heterocycles. The van der Waals surface area contributed by atoms with E-state index in [1.807, 2.05) is 30.3 Å². The van der Waals surface area contributed by atoms with Crippen LogP contribution in [0.3, 0.4) is 0 Å². The summed E-state index contributed by atoms with van der Waals surface area (Å²) in [4.78, 5) is 34.4. The minimum atomic E-state index is -0.808. The smallest absolute Gasteiger partial charge is 0.295 e. The Kier molecular flexibility index (Phi) is 5.43. The molecule has 0 atom stereocenters. The first-order valence-electron chi connectivity index (χ1n) is 10.6. The highest BCUT2D eigenvalue weighted by molar-refractivity contribution is 6.45. The summed E-state index contributed by atoms with van der Waals surface area (Å²) in [6.07, 6.45) is 6.26. The number of halogens is 1. The van der Waals surface area contributed by atoms with E-state index in [0.29, 0.717) is 31.5 Å². The largest absolute Gasteiger partial charge is 0.357 e. The number of nitrogens with one attached hydrogen (secondary N) is 1. The van der Waals surface area contributed by atoms with Crippen molar-refractivity contribution in [3.8, 4) is 11.9 Å². The molecule has 4 heterocycles. The number of rotatable bonds is 4. The van der Waals surface area contributed by atoms with Crippen LogP contribution in [0.2, 0.25) is 0 Å². The van der Waals surface area contributed by atoms with E-state index in [0.717, 1.165) is 17.3 Å². The lowest BCUT2D eigenvalue weighted by atomic mass is 9.93. The highest BCUT2D eigenvalue weighted by Crippen LogP contribution is 2.29. The number of Topliss-reactive ketones (excluding diaryl/α,β-unsaturated/α-hetero) is 1. The number of aromatic amines is 1. The normalized spacial score (nSPS) is 13.6. The molecule has 9 nitrogen and oxygen atoms in total. The van der Waals surface area contributed by atoms with Crippen molar-refractivity contribution in [1.29, 1.82) is 5.26 Å². The van der Waals surface area contributed by atoms with Crippen molar-refractivity contribution >= 4 is 28.2 Å². The monoisotopic (exact) mass is 455 g/mol. The zero-order valence-electron chi connectivity index (χ0n) is 17.9. The van der Waals surface area contributed by atoms with E-state index in [2.05, 4.69) is 26.3 Å². The molecule has 1 fully saturated rings. The molecule has 10 heteroatoms. The first-order valence-corrected chi connectivity index (χ1v) is 10.6. The topological polar surface area (TPSA) is 121 Å². The number of hydrogen-bond donors (Lipinski definition) is 1. The summed E-state index contributed by atoms with van der Waals surface area (Å²) in [6, 6.07) is 11.6. The summed E-state index contributed by atoms with van der Waals surface area (Å²) < 4.78 is 16.0. The Morgan fingerprint density at radius 3 is 2.59 bits per heavy atom. The lowest BCUT2D eigenvalue weighted by Crippen LogP contribution is -2.40. The predicted octanol–water partition coefficient (Wildman–Crippen LogP) is 3.07. The number of H-pyrrole nitrogens is 1. The number of nitrogens with zero attached hydrogens (tertiary/aromatic N) is 6. The van der Waals surface area contributed by atoms with Crippen LogP contribution in [0.15, 0.2) is 60.7 Å². The summed E-state index contributed by atoms with van der Waals surface area (Å²) in [7, 11) is 0. The van der Waals surface area contributed by atoms with Crippen LogP contribution in [0, 0.1) is 17.1 Å². The molecule has 0 radical (unpaired) electrons. The third-order valence-electron chi connectivity index (χ3n) is 5.90. The van der Waals surface area contributed by atoms with Crippen molar-refractivity contribution < 1.29 is 14.0 Å². The molecule has 5 rings (SSSR count). The minimum absolute atomic E-state index is 0.0210. The Hall–Kier alpha value is -4.65. The summed E-state index contributed by atoms with van der Waals surface area (Å²) in [5.41, 5.74) is 2.57. The molecule has 0 saturated carbocycles. The first kappa shape index (κ1) is 21.2. The second-order valence-corrected chi connectivity index (χ2v) is 7.81. The second-order valence-electron chi connectivity index (χ2n) is 7.81. The van der Waals surface area contributed by atoms with Crippen LogP contribution in [0.5, 0.6) is 0 Å². The van der Waals surface area contributed by atoms with Crippen molar-refractivity contribution in [3.05, 3.63) is 77.6 Å². The van der Waals surface area contributed by atoms with Gasteiger partial charge in [0.1, 0.15) is 0 Å². The van der Waals surface area contributed by atoms with Gasteiger partial charge in [0.25, 0.3) is 11.7 Å². The Bertz CT molecular complexity index is 1460. The highest BCUT2D eigenvalue weighted by atomic mass is 19.1. The zero-order valence-corrected chi connectivity index (χ0v) is 17.9. The third kappa shape index (κ3) is 3.63. The fourth-order valence-electron chi connectivity index (χ4n) is 4.21. The first-order chi connectivity index (χ1) is 16.6. The highest BCUT2D eigenvalue weighted by Gasteiger charge is 2.30. The summed E-state index contributed by atoms with van der Waals surface area (Å²) in [5, 5.41) is 17.2. The van der Waals surface area contributed by atoms with Crippen molar-refractivity contribution in [2.24, 2.45) is 0 Å². The number of carbonyl (C=O) groups is 2. The SMILES string of the molecule is N#CC(=C1CCN(C(=O)C(=O)c2c[nH]c3c(-n4ccnn4)ncc(F)c23)CC1)c1ccccc1. The van der Waals surface area contributed by atoms with Gasteiger partial charge in [0.2, 0.25) is 0 Å². The number of piperidine rings is 1. The van der Waals surface area contributed by atoms with Crippen LogP contribution >= 0.6 is 0 Å². The number of aromatic nitrogens is 5. The lowest BCUT2D eigenvalue weighted by molar-refractivity contribution is -0.126. The Labute approximate surface area is 193 Å². The number of carbonyl (C=O) groups excluding carboxylic acids is 2. The number of pyridine rings is 1. The van der Waals surface area contributed by atoms with Crippen molar-refractivity contribution in [3.63, 3.8) is 0 Å². The Morgan fingerprint density at radius 1 is 1.15 bits per heavy atom. The van der Waals surface area contributed by atoms with Crippen LogP contribution < -0.4 is 0 Å². The van der Waals surface area contributed by atoms with Crippen LogP contribution in [-0.4, -0.2) is 54.6 Å². The molecule has 0 unspecified atom stereocenters. The van der Waals surface area contributed by atoms with E-state index >= 15 is 0 Å². The van der Waals surface area contributed by atoms with Crippen LogP contribution in [0.25, 0.3) is 22.3 Å². The van der Waals surface area contributed by atoms with Gasteiger partial charge >= 0.3 is 0 Å². The number of fused-ring (bicyclic) bond motifs is 1. The van der Waals surface area contributed by atoms with E-state index in [-0.39, 0.29) is 22.3 Å². The molecular formula is C24H18FN7O2. The Balaban J connectivity index is 1.39. The van der Waals surface area contributed by atoms with Crippen LogP contribution in [0.4, 0.5) is 4.39 Å². The van der Waals surface area contributed by atoms with Gasteiger partial charge in [-0.1, -0.05) is 35.5 Å². The maximum Gasteiger partial charge on any atom is 0.295 e. The van der Waals surface area contributed by atoms with E-state index in [4.69, 9.17) is 0 Å². The van der Waals surface area contributed by atoms with Gasteiger partial charge in [0, 0.05) is 19.3 Å². The zero-order chi connectivity index (χ0) is 23.7. The fourth-order valence-corrected chi connectivity index (χ4v) is 4.21. The summed E-state index contributed by atoms with van der Waals surface area (Å²) in [5.74, 6) is -1.98.